The fourth-order valence-corrected chi connectivity index (χ4v) is 3.29. The molecule has 2 atom stereocenters. The molecule has 2 aliphatic rings. The van der Waals surface area contributed by atoms with Gasteiger partial charge in [-0.1, -0.05) is 25.7 Å². The van der Waals surface area contributed by atoms with Crippen LogP contribution in [0.2, 0.25) is 0 Å². The number of furan rings is 1. The van der Waals surface area contributed by atoms with Gasteiger partial charge in [0.15, 0.2) is 0 Å². The number of rotatable bonds is 1. The number of ether oxygens (including phenoxy) is 1. The largest absolute Gasteiger partial charge is 0.467 e. The van der Waals surface area contributed by atoms with E-state index in [-0.39, 0.29) is 11.7 Å². The maximum Gasteiger partial charge on any atom is 0.134 e. The van der Waals surface area contributed by atoms with Crippen LogP contribution < -0.4 is 5.32 Å². The summed E-state index contributed by atoms with van der Waals surface area (Å²) in [6.45, 7) is 3.17. The molecule has 1 aromatic rings. The van der Waals surface area contributed by atoms with Gasteiger partial charge < -0.3 is 14.5 Å². The van der Waals surface area contributed by atoms with Crippen LogP contribution in [0.1, 0.15) is 57.3 Å². The second-order valence-electron chi connectivity index (χ2n) is 5.82. The highest BCUT2D eigenvalue weighted by molar-refractivity contribution is 5.08. The summed E-state index contributed by atoms with van der Waals surface area (Å²) in [7, 11) is 0. The zero-order chi connectivity index (χ0) is 12.4. The van der Waals surface area contributed by atoms with Crippen LogP contribution in [0.4, 0.5) is 0 Å². The summed E-state index contributed by atoms with van der Waals surface area (Å²) < 4.78 is 12.0. The van der Waals surface area contributed by atoms with Crippen LogP contribution in [-0.2, 0) is 4.74 Å². The van der Waals surface area contributed by atoms with Gasteiger partial charge in [-0.05, 0) is 31.9 Å². The van der Waals surface area contributed by atoms with Gasteiger partial charge in [-0.3, -0.25) is 0 Å². The quantitative estimate of drug-likeness (QED) is 0.828. The molecule has 1 spiro atoms. The topological polar surface area (TPSA) is 34.4 Å². The van der Waals surface area contributed by atoms with Crippen LogP contribution in [0.5, 0.6) is 0 Å². The Labute approximate surface area is 109 Å². The minimum Gasteiger partial charge on any atom is -0.467 e. The highest BCUT2D eigenvalue weighted by Crippen LogP contribution is 2.39. The van der Waals surface area contributed by atoms with E-state index in [1.165, 1.54) is 38.5 Å². The minimum absolute atomic E-state index is 0.0421. The Balaban J connectivity index is 1.78. The summed E-state index contributed by atoms with van der Waals surface area (Å²) in [4.78, 5) is 0. The Morgan fingerprint density at radius 3 is 2.67 bits per heavy atom. The summed E-state index contributed by atoms with van der Waals surface area (Å²) in [5, 5.41) is 3.62. The van der Waals surface area contributed by atoms with E-state index in [9.17, 15) is 0 Å². The molecule has 2 unspecified atom stereocenters. The van der Waals surface area contributed by atoms with Crippen molar-refractivity contribution in [3.8, 4) is 0 Å². The predicted molar refractivity (Wildman–Crippen MR) is 70.4 cm³/mol. The van der Waals surface area contributed by atoms with E-state index in [1.807, 2.05) is 12.1 Å². The highest BCUT2D eigenvalue weighted by Gasteiger charge is 2.41. The lowest BCUT2D eigenvalue weighted by molar-refractivity contribution is -0.148. The van der Waals surface area contributed by atoms with E-state index in [0.29, 0.717) is 6.04 Å². The van der Waals surface area contributed by atoms with Gasteiger partial charge in [-0.2, -0.15) is 0 Å². The van der Waals surface area contributed by atoms with Crippen LogP contribution in [0.25, 0.3) is 0 Å². The maximum atomic E-state index is 6.50. The third-order valence-electron chi connectivity index (χ3n) is 4.42. The average molecular weight is 249 g/mol. The molecule has 1 saturated carbocycles. The van der Waals surface area contributed by atoms with Crippen LogP contribution in [0.15, 0.2) is 22.8 Å². The molecule has 1 aromatic heterocycles. The Morgan fingerprint density at radius 2 is 2.00 bits per heavy atom. The van der Waals surface area contributed by atoms with Crippen LogP contribution in [-0.4, -0.2) is 18.2 Å². The second kappa shape index (κ2) is 5.06. The number of hydrogen-bond acceptors (Lipinski definition) is 3. The molecule has 1 saturated heterocycles. The molecular formula is C15H23NO2. The summed E-state index contributed by atoms with van der Waals surface area (Å²) in [5.74, 6) is 0.957. The molecule has 1 aliphatic carbocycles. The Bertz CT molecular complexity index is 366. The Morgan fingerprint density at radius 1 is 1.22 bits per heavy atom. The van der Waals surface area contributed by atoms with Gasteiger partial charge in [0.25, 0.3) is 0 Å². The molecule has 0 amide bonds. The molecule has 0 aromatic carbocycles. The van der Waals surface area contributed by atoms with Crippen molar-refractivity contribution >= 4 is 0 Å². The third-order valence-corrected chi connectivity index (χ3v) is 4.42. The first-order valence-electron chi connectivity index (χ1n) is 7.24. The standard InChI is InChI=1S/C15H23NO2/c1-12-14(13-7-6-10-17-13)18-15(11-16-12)8-4-2-3-5-9-15/h6-7,10,12,14,16H,2-5,8-9,11H2,1H3. The van der Waals surface area contributed by atoms with Crippen LogP contribution in [0.3, 0.4) is 0 Å². The number of morpholine rings is 1. The Hall–Kier alpha value is -0.800. The zero-order valence-corrected chi connectivity index (χ0v) is 11.2. The van der Waals surface area contributed by atoms with Crippen molar-refractivity contribution < 1.29 is 9.15 Å². The molecule has 100 valence electrons. The highest BCUT2D eigenvalue weighted by atomic mass is 16.5. The van der Waals surface area contributed by atoms with Gasteiger partial charge in [0.2, 0.25) is 0 Å². The maximum absolute atomic E-state index is 6.50. The van der Waals surface area contributed by atoms with Gasteiger partial charge in [0, 0.05) is 12.6 Å². The SMILES string of the molecule is CC1NCC2(CCCCCC2)OC1c1ccco1. The van der Waals surface area contributed by atoms with E-state index >= 15 is 0 Å². The number of hydrogen-bond donors (Lipinski definition) is 1. The molecule has 2 fully saturated rings. The molecule has 18 heavy (non-hydrogen) atoms. The normalized spacial score (nSPS) is 32.3. The van der Waals surface area contributed by atoms with E-state index in [4.69, 9.17) is 9.15 Å². The van der Waals surface area contributed by atoms with Gasteiger partial charge in [0.05, 0.1) is 11.9 Å². The molecular weight excluding hydrogens is 226 g/mol. The first-order valence-corrected chi connectivity index (χ1v) is 7.24. The molecule has 2 heterocycles. The van der Waals surface area contributed by atoms with E-state index in [0.717, 1.165) is 12.3 Å². The van der Waals surface area contributed by atoms with Gasteiger partial charge in [-0.15, -0.1) is 0 Å². The predicted octanol–water partition coefficient (Wildman–Crippen LogP) is 3.42. The monoisotopic (exact) mass is 249 g/mol. The summed E-state index contributed by atoms with van der Waals surface area (Å²) in [6.07, 6.45) is 9.46. The van der Waals surface area contributed by atoms with Crippen LogP contribution in [0, 0.1) is 0 Å². The number of nitrogens with one attached hydrogen (secondary N) is 1. The van der Waals surface area contributed by atoms with Gasteiger partial charge in [0.1, 0.15) is 11.9 Å². The van der Waals surface area contributed by atoms with Crippen molar-refractivity contribution in [1.29, 1.82) is 0 Å². The molecule has 3 rings (SSSR count). The molecule has 3 nitrogen and oxygen atoms in total. The lowest BCUT2D eigenvalue weighted by Crippen LogP contribution is -2.54. The van der Waals surface area contributed by atoms with Crippen molar-refractivity contribution in [3.05, 3.63) is 24.2 Å². The molecule has 0 bridgehead atoms. The average Bonchev–Trinajstić information content (AvgIpc) is 2.81. The summed E-state index contributed by atoms with van der Waals surface area (Å²) in [6, 6.07) is 4.29. The van der Waals surface area contributed by atoms with E-state index in [2.05, 4.69) is 12.2 Å². The lowest BCUT2D eigenvalue weighted by atomic mass is 9.90. The summed E-state index contributed by atoms with van der Waals surface area (Å²) in [5.41, 5.74) is 0.0421. The fourth-order valence-electron chi connectivity index (χ4n) is 3.29. The van der Waals surface area contributed by atoms with Crippen molar-refractivity contribution in [2.75, 3.05) is 6.54 Å². The second-order valence-corrected chi connectivity index (χ2v) is 5.82. The zero-order valence-electron chi connectivity index (χ0n) is 11.2. The van der Waals surface area contributed by atoms with E-state index in [1.54, 1.807) is 6.26 Å². The molecule has 0 radical (unpaired) electrons. The van der Waals surface area contributed by atoms with Gasteiger partial charge in [-0.25, -0.2) is 0 Å². The van der Waals surface area contributed by atoms with Crippen molar-refractivity contribution in [2.24, 2.45) is 0 Å². The molecule has 1 N–H and O–H groups in total. The molecule has 1 aliphatic heterocycles. The van der Waals surface area contributed by atoms with Crippen molar-refractivity contribution in [2.45, 2.75) is 63.2 Å². The van der Waals surface area contributed by atoms with Crippen molar-refractivity contribution in [1.82, 2.24) is 5.32 Å². The summed E-state index contributed by atoms with van der Waals surface area (Å²) >= 11 is 0. The molecule has 3 heteroatoms. The third kappa shape index (κ3) is 2.34. The van der Waals surface area contributed by atoms with Gasteiger partial charge >= 0.3 is 0 Å². The van der Waals surface area contributed by atoms with Crippen LogP contribution >= 0.6 is 0 Å². The first-order chi connectivity index (χ1) is 8.79. The van der Waals surface area contributed by atoms with E-state index < -0.39 is 0 Å². The first kappa shape index (κ1) is 12.2. The fraction of sp³-hybridized carbons (Fsp3) is 0.733. The minimum atomic E-state index is 0.0421. The Kier molecular flexibility index (Phi) is 3.44. The van der Waals surface area contributed by atoms with Crippen molar-refractivity contribution in [3.63, 3.8) is 0 Å². The smallest absolute Gasteiger partial charge is 0.134 e. The lowest BCUT2D eigenvalue weighted by Gasteiger charge is -2.44.